The van der Waals surface area contributed by atoms with Gasteiger partial charge in [0.25, 0.3) is 0 Å². The number of nitrogens with one attached hydrogen (secondary N) is 4. The summed E-state index contributed by atoms with van der Waals surface area (Å²) >= 11 is 5.45. The lowest BCUT2D eigenvalue weighted by Crippen LogP contribution is -2.41. The van der Waals surface area contributed by atoms with Crippen molar-refractivity contribution in [2.24, 2.45) is 29.4 Å². The van der Waals surface area contributed by atoms with Crippen LogP contribution in [0, 0.1) is 23.7 Å². The molecule has 0 saturated carbocycles. The van der Waals surface area contributed by atoms with E-state index in [0.717, 1.165) is 242 Å². The first-order valence-electron chi connectivity index (χ1n) is 48.2. The number of sulfonamides is 3. The number of aromatic nitrogens is 12. The molecule has 0 aromatic carbocycles. The van der Waals surface area contributed by atoms with Crippen LogP contribution in [0.5, 0.6) is 0 Å². The highest BCUT2D eigenvalue weighted by atomic mass is 35.5. The van der Waals surface area contributed by atoms with Crippen molar-refractivity contribution in [1.29, 1.82) is 0 Å². The average Bonchev–Trinajstić information content (AvgIpc) is 0.818. The smallest absolute Gasteiger partial charge is 0.410 e. The lowest BCUT2D eigenvalue weighted by Gasteiger charge is -2.33. The van der Waals surface area contributed by atoms with E-state index in [2.05, 4.69) is 92.9 Å². The van der Waals surface area contributed by atoms with Crippen LogP contribution in [0.3, 0.4) is 0 Å². The Balaban J connectivity index is 0.000000253. The third-order valence-electron chi connectivity index (χ3n) is 24.3. The Hall–Kier alpha value is -7.89. The van der Waals surface area contributed by atoms with Crippen LogP contribution in [0.25, 0.3) is 0 Å². The number of anilines is 4. The molecule has 35 nitrogen and oxygen atoms in total. The number of carbonyl (C=O) groups excluding carboxylic acids is 2. The van der Waals surface area contributed by atoms with Crippen LogP contribution in [0.1, 0.15) is 241 Å². The molecule has 724 valence electrons. The number of nitrogens with two attached hydrogens (primary N) is 1. The van der Waals surface area contributed by atoms with Crippen molar-refractivity contribution >= 4 is 87.5 Å². The number of likely N-dealkylation sites (tertiary alicyclic amines) is 2. The Kier molecular flexibility index (Phi) is 39.6. The molecule has 6 aromatic rings. The van der Waals surface area contributed by atoms with Gasteiger partial charge in [-0.05, 0) is 248 Å². The number of carbonyl (C=O) groups is 2. The van der Waals surface area contributed by atoms with Crippen molar-refractivity contribution in [2.75, 3.05) is 144 Å². The number of piperidine rings is 4. The molecule has 1 aliphatic carbocycles. The highest BCUT2D eigenvalue weighted by Crippen LogP contribution is 2.31. The van der Waals surface area contributed by atoms with E-state index in [-0.39, 0.29) is 18.9 Å². The Morgan fingerprint density at radius 1 is 0.457 bits per heavy atom. The van der Waals surface area contributed by atoms with Gasteiger partial charge in [0, 0.05) is 209 Å². The zero-order valence-electron chi connectivity index (χ0n) is 82.4. The second-order valence-electron chi connectivity index (χ2n) is 36.9. The van der Waals surface area contributed by atoms with E-state index in [4.69, 9.17) is 32.7 Å². The van der Waals surface area contributed by atoms with Gasteiger partial charge in [0.15, 0.2) is 9.84 Å². The topological polar surface area (TPSA) is 437 Å². The molecule has 0 radical (unpaired) electrons. The van der Waals surface area contributed by atoms with Gasteiger partial charge in [-0.1, -0.05) is 20.8 Å². The fourth-order valence-electron chi connectivity index (χ4n) is 16.5. The number of hydrogen-bond acceptors (Lipinski definition) is 30. The molecule has 13 heterocycles. The molecule has 2 amide bonds. The lowest BCUT2D eigenvalue weighted by molar-refractivity contribution is 0.0170. The van der Waals surface area contributed by atoms with Gasteiger partial charge in [-0.2, -0.15) is 12.9 Å². The lowest BCUT2D eigenvalue weighted by atomic mass is 9.92. The van der Waals surface area contributed by atoms with Gasteiger partial charge in [0.1, 0.15) is 17.0 Å². The van der Waals surface area contributed by atoms with Crippen molar-refractivity contribution in [3.63, 3.8) is 0 Å². The van der Waals surface area contributed by atoms with E-state index in [9.17, 15) is 43.3 Å². The number of nitrogens with zero attached hydrogens (tertiary/aromatic N) is 18. The maximum absolute atomic E-state index is 12.2. The van der Waals surface area contributed by atoms with Crippen LogP contribution in [0.15, 0.2) is 49.6 Å². The normalized spacial score (nSPS) is 18.3. The van der Waals surface area contributed by atoms with Crippen LogP contribution in [-0.2, 0) is 120 Å². The first-order valence-corrected chi connectivity index (χ1v) is 54.1. The average molecular weight is 1900 g/mol. The van der Waals surface area contributed by atoms with Gasteiger partial charge >= 0.3 is 12.2 Å². The zero-order chi connectivity index (χ0) is 97.5. The van der Waals surface area contributed by atoms with Gasteiger partial charge in [-0.3, -0.25) is 0 Å². The van der Waals surface area contributed by atoms with Crippen LogP contribution < -0.4 is 31.9 Å². The van der Waals surface area contributed by atoms with Crippen molar-refractivity contribution in [3.8, 4) is 0 Å². The summed E-state index contributed by atoms with van der Waals surface area (Å²) in [5, 5.41) is 13.4. The van der Waals surface area contributed by atoms with Crippen molar-refractivity contribution in [2.45, 2.75) is 259 Å². The van der Waals surface area contributed by atoms with E-state index in [0.29, 0.717) is 100 Å². The highest BCUT2D eigenvalue weighted by molar-refractivity contribution is 7.91. The Morgan fingerprint density at radius 2 is 0.814 bits per heavy atom. The Morgan fingerprint density at radius 3 is 1.17 bits per heavy atom. The molecule has 4 saturated heterocycles. The minimum Gasteiger partial charge on any atom is -0.444 e. The summed E-state index contributed by atoms with van der Waals surface area (Å²) in [6.45, 7) is 30.9. The second kappa shape index (κ2) is 50.3. The molecule has 6 aromatic heterocycles. The molecule has 40 heteroatoms. The predicted molar refractivity (Wildman–Crippen MR) is 512 cm³/mol. The predicted octanol–water partition coefficient (Wildman–Crippen LogP) is 11.6. The molecule has 1 unspecified atom stereocenters. The molecular formula is C89H150ClN23O12S4. The molecule has 4 fully saturated rings. The van der Waals surface area contributed by atoms with Crippen molar-refractivity contribution in [3.05, 3.63) is 117 Å². The van der Waals surface area contributed by atoms with Crippen molar-refractivity contribution < 1.29 is 60.1 Å². The van der Waals surface area contributed by atoms with Crippen LogP contribution in [0.4, 0.5) is 33.4 Å². The van der Waals surface area contributed by atoms with E-state index in [1.165, 1.54) is 88.4 Å². The van der Waals surface area contributed by atoms with E-state index in [1.807, 2.05) is 77.6 Å². The number of ether oxygens (including phenoxy) is 2. The summed E-state index contributed by atoms with van der Waals surface area (Å²) in [5.41, 5.74) is 14.5. The number of hydrogen-bond donors (Lipinski definition) is 5. The molecule has 0 bridgehead atoms. The summed E-state index contributed by atoms with van der Waals surface area (Å²) in [4.78, 5) is 82.0. The molecule has 14 rings (SSSR count). The summed E-state index contributed by atoms with van der Waals surface area (Å²) in [5.74, 6) is 6.53. The summed E-state index contributed by atoms with van der Waals surface area (Å²) in [7, 11) is -12.5. The van der Waals surface area contributed by atoms with Crippen LogP contribution >= 0.6 is 11.6 Å². The third-order valence-corrected chi connectivity index (χ3v) is 29.8. The van der Waals surface area contributed by atoms with Gasteiger partial charge in [-0.15, -0.1) is 0 Å². The van der Waals surface area contributed by atoms with Gasteiger partial charge in [0.2, 0.25) is 59.1 Å². The van der Waals surface area contributed by atoms with E-state index >= 15 is 0 Å². The first-order chi connectivity index (χ1) is 63.2. The quantitative estimate of drug-likeness (QED) is 0.0249. The molecule has 7 aliphatic heterocycles. The Bertz CT molecular complexity index is 5010. The SMILES string of the molecule is CC(C)(C)OC(=O)N1CCC(CCCN)CC1.CC(C)(C)OC(=O)N1CCC(CCCNc2ncc3c(n2)CCN(S(C)(=O)=O)C3)CC1.CCc1cnc(Cl)nc1.CCc1cnc(N2CCC(CCCNc3ncc4c(n3)CCN(S(C)(=O)=O)C4)CC2)nc1.CCc1ncc2c(n1)CCC(S(C)(=O)=O)C2.CS(=O)(=O)N1CCc2nc(NCCCC3CCNCC3)ncc2C1.[2HH].[2H][2H].[2H][2H]. The maximum Gasteiger partial charge on any atom is 0.410 e. The van der Waals surface area contributed by atoms with Gasteiger partial charge < -0.3 is 51.2 Å². The molecule has 6 N–H and O–H groups in total. The molecule has 129 heavy (non-hydrogen) atoms. The summed E-state index contributed by atoms with van der Waals surface area (Å²) < 4.78 is 128. The fourth-order valence-corrected chi connectivity index (χ4v) is 20.0. The molecule has 8 aliphatic rings. The number of halogens is 1. The van der Waals surface area contributed by atoms with Crippen molar-refractivity contribution in [1.82, 2.24) is 87.8 Å². The number of sulfone groups is 1. The van der Waals surface area contributed by atoms with Crippen LogP contribution in [0.2, 0.25) is 5.28 Å². The standard InChI is InChI=1S/C22H33N7O2S.C21H35N5O4S.C16H27N5O2S.C13H26N2O2.C11H16N2O2S.C6H7ClN2.3H2/c1-3-17-13-25-22(26-14-17)28-10-6-18(7-11-28)5-4-9-23-21-24-15-19-16-29(32(2,30)31)12-8-20(19)27-21;1-21(2,3)30-20(27)25-11-7-16(8-12-25)6-5-10-22-19-23-14-17-15-26(31(4,28)29)13-9-18(17)24-19;1-24(22,23)21-10-6-15-14(12-21)11-19-16(20-15)18-7-2-3-13-4-8-17-9-5-13;1-13(2,3)17-12(16)15-9-6-11(7-10-15)5-4-8-14;1-3-11-12-7-8-6-9(16(2,14)15)4-5-10(8)13-11;1-2-5-3-8-6(7)9-4-5;;;/h13-15,18H,3-12,16H2,1-2H3,(H,23,24,27);14,16H,5-13,15H2,1-4H3,(H,22,23,24);11,13,17H,2-10,12H2,1H3,(H,18,19,20);11H,4-10,14H2,1-3H3;7,9H,3-6H2,1-2H3;3-4H,2H2,1H3;3*1H/i;;;;;;2*1+1D;1+1. The number of amides is 2. The maximum atomic E-state index is 12.2. The Labute approximate surface area is 780 Å². The second-order valence-corrected chi connectivity index (χ2v) is 45.5. The van der Waals surface area contributed by atoms with Gasteiger partial charge in [0.05, 0.1) is 41.1 Å². The van der Waals surface area contributed by atoms with E-state index < -0.39 is 51.1 Å². The summed E-state index contributed by atoms with van der Waals surface area (Å²) in [6.07, 6.45) is 43.8. The minimum atomic E-state index is -3.19. The monoisotopic (exact) mass is 1900 g/mol. The first kappa shape index (κ1) is 102. The molecule has 1 atom stereocenters. The fraction of sp³-hybridized carbons (Fsp3) is 0.708. The third kappa shape index (κ3) is 36.2. The highest BCUT2D eigenvalue weighted by Gasteiger charge is 2.33. The minimum absolute atomic E-state index is 0. The largest absolute Gasteiger partial charge is 0.444 e. The number of fused-ring (bicyclic) bond motifs is 4. The number of rotatable bonds is 26. The van der Waals surface area contributed by atoms with E-state index in [1.54, 1.807) is 37.2 Å². The van der Waals surface area contributed by atoms with Gasteiger partial charge in [-0.25, -0.2) is 103 Å². The zero-order valence-corrected chi connectivity index (χ0v) is 82.5. The van der Waals surface area contributed by atoms with Crippen LogP contribution in [-0.4, -0.2) is 268 Å². The summed E-state index contributed by atoms with van der Waals surface area (Å²) in [6, 6.07) is 0. The number of aryl methyl sites for hydroxylation is 4. The molecular weight excluding hydrogens is 1750 g/mol. The molecule has 0 spiro atoms.